The maximum Gasteiger partial charge on any atom is 0.417 e. The molecule has 0 unspecified atom stereocenters. The van der Waals surface area contributed by atoms with Crippen LogP contribution < -0.4 is 4.74 Å². The average Bonchev–Trinajstić information content (AvgIpc) is 2.39. The average molecular weight is 269 g/mol. The first-order valence-electron chi connectivity index (χ1n) is 5.40. The molecule has 6 heteroatoms. The molecule has 0 aliphatic rings. The number of alkyl halides is 3. The van der Waals surface area contributed by atoms with Crippen LogP contribution in [0.15, 0.2) is 42.6 Å². The van der Waals surface area contributed by atoms with Gasteiger partial charge in [-0.05, 0) is 12.1 Å². The molecule has 2 rings (SSSR count). The van der Waals surface area contributed by atoms with Crippen molar-refractivity contribution >= 4 is 0 Å². The summed E-state index contributed by atoms with van der Waals surface area (Å²) < 4.78 is 42.4. The molecule has 1 aromatic carbocycles. The number of halogens is 3. The first-order valence-corrected chi connectivity index (χ1v) is 5.40. The third-order valence-corrected chi connectivity index (χ3v) is 2.42. The standard InChI is InChI=1S/C13H10F3NO2/c14-13(15,16)10-5-6-12(17-7-10)19-11-4-2-1-3-9(11)8-18/h1-7,18H,8H2. The van der Waals surface area contributed by atoms with Crippen molar-refractivity contribution < 1.29 is 23.0 Å². The van der Waals surface area contributed by atoms with Gasteiger partial charge in [0.1, 0.15) is 5.75 Å². The van der Waals surface area contributed by atoms with Crippen LogP contribution in [0.2, 0.25) is 0 Å². The number of aliphatic hydroxyl groups is 1. The maximum absolute atomic E-state index is 12.4. The summed E-state index contributed by atoms with van der Waals surface area (Å²) >= 11 is 0. The lowest BCUT2D eigenvalue weighted by Crippen LogP contribution is -2.05. The number of ether oxygens (including phenoxy) is 1. The van der Waals surface area contributed by atoms with Crippen molar-refractivity contribution in [3.8, 4) is 11.6 Å². The van der Waals surface area contributed by atoms with E-state index in [-0.39, 0.29) is 12.5 Å². The van der Waals surface area contributed by atoms with E-state index in [0.29, 0.717) is 17.5 Å². The van der Waals surface area contributed by atoms with Gasteiger partial charge in [0.05, 0.1) is 12.2 Å². The van der Waals surface area contributed by atoms with E-state index in [2.05, 4.69) is 4.98 Å². The number of rotatable bonds is 3. The van der Waals surface area contributed by atoms with Gasteiger partial charge in [-0.3, -0.25) is 0 Å². The van der Waals surface area contributed by atoms with Crippen LogP contribution in [0, 0.1) is 0 Å². The Bertz CT molecular complexity index is 553. The number of aliphatic hydroxyl groups excluding tert-OH is 1. The molecule has 100 valence electrons. The Hall–Kier alpha value is -2.08. The van der Waals surface area contributed by atoms with E-state index >= 15 is 0 Å². The number of hydrogen-bond donors (Lipinski definition) is 1. The van der Waals surface area contributed by atoms with E-state index in [1.54, 1.807) is 24.3 Å². The third kappa shape index (κ3) is 3.23. The molecule has 0 saturated heterocycles. The molecule has 1 aromatic heterocycles. The molecule has 3 nitrogen and oxygen atoms in total. The van der Waals surface area contributed by atoms with E-state index in [1.165, 1.54) is 0 Å². The maximum atomic E-state index is 12.4. The Kier molecular flexibility index (Phi) is 3.71. The molecule has 0 atom stereocenters. The molecular weight excluding hydrogens is 259 g/mol. The van der Waals surface area contributed by atoms with E-state index < -0.39 is 11.7 Å². The van der Waals surface area contributed by atoms with Crippen molar-refractivity contribution in [2.24, 2.45) is 0 Å². The van der Waals surface area contributed by atoms with Crippen LogP contribution in [0.4, 0.5) is 13.2 Å². The summed E-state index contributed by atoms with van der Waals surface area (Å²) in [4.78, 5) is 3.59. The van der Waals surface area contributed by atoms with Crippen molar-refractivity contribution in [2.75, 3.05) is 0 Å². The summed E-state index contributed by atoms with van der Waals surface area (Å²) in [6.07, 6.45) is -3.72. The van der Waals surface area contributed by atoms with Crippen LogP contribution in [0.25, 0.3) is 0 Å². The molecule has 0 aliphatic carbocycles. The highest BCUT2D eigenvalue weighted by Crippen LogP contribution is 2.30. The number of para-hydroxylation sites is 1. The lowest BCUT2D eigenvalue weighted by molar-refractivity contribution is -0.137. The Morgan fingerprint density at radius 3 is 2.42 bits per heavy atom. The molecule has 0 amide bonds. The highest BCUT2D eigenvalue weighted by Gasteiger charge is 2.30. The quantitative estimate of drug-likeness (QED) is 0.928. The van der Waals surface area contributed by atoms with Gasteiger partial charge in [0, 0.05) is 17.8 Å². The Balaban J connectivity index is 2.20. The number of hydrogen-bond acceptors (Lipinski definition) is 3. The van der Waals surface area contributed by atoms with Crippen LogP contribution in [-0.4, -0.2) is 10.1 Å². The van der Waals surface area contributed by atoms with Gasteiger partial charge in [0.2, 0.25) is 5.88 Å². The van der Waals surface area contributed by atoms with Gasteiger partial charge in [-0.25, -0.2) is 4.98 Å². The summed E-state index contributed by atoms with van der Waals surface area (Å²) in [6, 6.07) is 8.70. The van der Waals surface area contributed by atoms with Crippen molar-refractivity contribution in [1.82, 2.24) is 4.98 Å². The molecule has 0 fully saturated rings. The molecule has 0 saturated carbocycles. The zero-order chi connectivity index (χ0) is 13.9. The second kappa shape index (κ2) is 5.27. The van der Waals surface area contributed by atoms with E-state index in [1.807, 2.05) is 0 Å². The smallest absolute Gasteiger partial charge is 0.417 e. The largest absolute Gasteiger partial charge is 0.439 e. The first-order chi connectivity index (χ1) is 9.00. The monoisotopic (exact) mass is 269 g/mol. The minimum atomic E-state index is -4.42. The van der Waals surface area contributed by atoms with E-state index in [0.717, 1.165) is 12.1 Å². The highest BCUT2D eigenvalue weighted by atomic mass is 19.4. The zero-order valence-electron chi connectivity index (χ0n) is 9.69. The highest BCUT2D eigenvalue weighted by molar-refractivity contribution is 5.35. The van der Waals surface area contributed by atoms with Crippen LogP contribution in [0.3, 0.4) is 0 Å². The lowest BCUT2D eigenvalue weighted by Gasteiger charge is -2.10. The normalized spacial score (nSPS) is 11.4. The number of nitrogens with zero attached hydrogens (tertiary/aromatic N) is 1. The molecule has 1 heterocycles. The van der Waals surface area contributed by atoms with Crippen molar-refractivity contribution in [2.45, 2.75) is 12.8 Å². The summed E-state index contributed by atoms with van der Waals surface area (Å²) in [5, 5.41) is 9.10. The molecule has 1 N–H and O–H groups in total. The third-order valence-electron chi connectivity index (χ3n) is 2.42. The van der Waals surface area contributed by atoms with Crippen molar-refractivity contribution in [3.63, 3.8) is 0 Å². The van der Waals surface area contributed by atoms with Gasteiger partial charge in [-0.2, -0.15) is 13.2 Å². The second-order valence-electron chi connectivity index (χ2n) is 3.75. The summed E-state index contributed by atoms with van der Waals surface area (Å²) in [7, 11) is 0. The fourth-order valence-electron chi connectivity index (χ4n) is 1.46. The number of aromatic nitrogens is 1. The number of benzene rings is 1. The summed E-state index contributed by atoms with van der Waals surface area (Å²) in [6.45, 7) is -0.225. The van der Waals surface area contributed by atoms with Crippen LogP contribution in [0.5, 0.6) is 11.6 Å². The van der Waals surface area contributed by atoms with Crippen molar-refractivity contribution in [1.29, 1.82) is 0 Å². The van der Waals surface area contributed by atoms with Gasteiger partial charge < -0.3 is 9.84 Å². The Morgan fingerprint density at radius 2 is 1.84 bits per heavy atom. The minimum absolute atomic E-state index is 0.0360. The molecule has 0 aliphatic heterocycles. The topological polar surface area (TPSA) is 42.4 Å². The van der Waals surface area contributed by atoms with Crippen LogP contribution >= 0.6 is 0 Å². The molecule has 19 heavy (non-hydrogen) atoms. The SMILES string of the molecule is OCc1ccccc1Oc1ccc(C(F)(F)F)cn1. The van der Waals surface area contributed by atoms with Crippen molar-refractivity contribution in [3.05, 3.63) is 53.7 Å². The van der Waals surface area contributed by atoms with E-state index in [9.17, 15) is 13.2 Å². The predicted octanol–water partition coefficient (Wildman–Crippen LogP) is 3.39. The first kappa shape index (κ1) is 13.4. The molecule has 2 aromatic rings. The predicted molar refractivity (Wildman–Crippen MR) is 61.7 cm³/mol. The van der Waals surface area contributed by atoms with E-state index in [4.69, 9.17) is 9.84 Å². The minimum Gasteiger partial charge on any atom is -0.439 e. The summed E-state index contributed by atoms with van der Waals surface area (Å²) in [5.74, 6) is 0.395. The van der Waals surface area contributed by atoms with Crippen LogP contribution in [-0.2, 0) is 12.8 Å². The fourth-order valence-corrected chi connectivity index (χ4v) is 1.46. The molecule has 0 radical (unpaired) electrons. The molecule has 0 bridgehead atoms. The zero-order valence-corrected chi connectivity index (χ0v) is 9.69. The fraction of sp³-hybridized carbons (Fsp3) is 0.154. The van der Waals surface area contributed by atoms with Gasteiger partial charge in [0.25, 0.3) is 0 Å². The van der Waals surface area contributed by atoms with Gasteiger partial charge in [-0.15, -0.1) is 0 Å². The number of pyridine rings is 1. The summed E-state index contributed by atoms with van der Waals surface area (Å²) in [5.41, 5.74) is -0.306. The second-order valence-corrected chi connectivity index (χ2v) is 3.75. The van der Waals surface area contributed by atoms with Gasteiger partial charge in [-0.1, -0.05) is 18.2 Å². The molecular formula is C13H10F3NO2. The van der Waals surface area contributed by atoms with Crippen LogP contribution in [0.1, 0.15) is 11.1 Å². The van der Waals surface area contributed by atoms with Gasteiger partial charge >= 0.3 is 6.18 Å². The Labute approximate surface area is 107 Å². The van der Waals surface area contributed by atoms with Gasteiger partial charge in [0.15, 0.2) is 0 Å². The molecule has 0 spiro atoms. The Morgan fingerprint density at radius 1 is 1.11 bits per heavy atom. The lowest BCUT2D eigenvalue weighted by atomic mass is 10.2.